The molecule has 3 nitrogen and oxygen atoms in total. The van der Waals surface area contributed by atoms with Crippen LogP contribution in [0.4, 0.5) is 11.4 Å². The molecule has 3 N–H and O–H groups in total. The molecule has 1 amide bonds. The summed E-state index contributed by atoms with van der Waals surface area (Å²) in [5, 5.41) is 2.78. The van der Waals surface area contributed by atoms with E-state index in [-0.39, 0.29) is 11.8 Å². The molecule has 1 atom stereocenters. The second kappa shape index (κ2) is 2.24. The minimum absolute atomic E-state index is 0.0515. The minimum Gasteiger partial charge on any atom is -0.399 e. The topological polar surface area (TPSA) is 55.1 Å². The molecule has 1 aliphatic rings. The molecule has 0 aromatic heterocycles. The normalized spacial score (nSPS) is 20.4. The fraction of sp³-hybridized carbons (Fsp3) is 0.222. The molecule has 0 aliphatic carbocycles. The molecule has 3 heteroatoms. The van der Waals surface area contributed by atoms with E-state index in [1.165, 1.54) is 0 Å². The van der Waals surface area contributed by atoms with Crippen LogP contribution in [-0.4, -0.2) is 5.91 Å². The van der Waals surface area contributed by atoms with Crippen LogP contribution in [0.15, 0.2) is 18.2 Å². The molecule has 2 rings (SSSR count). The van der Waals surface area contributed by atoms with Crippen molar-refractivity contribution >= 4 is 17.3 Å². The third-order valence-electron chi connectivity index (χ3n) is 2.19. The number of nitrogens with one attached hydrogen (secondary N) is 1. The van der Waals surface area contributed by atoms with Crippen LogP contribution in [0.1, 0.15) is 18.4 Å². The van der Waals surface area contributed by atoms with Crippen molar-refractivity contribution in [1.29, 1.82) is 0 Å². The zero-order valence-electron chi connectivity index (χ0n) is 6.79. The molecule has 0 radical (unpaired) electrons. The molecule has 62 valence electrons. The van der Waals surface area contributed by atoms with Crippen LogP contribution in [0.5, 0.6) is 0 Å². The van der Waals surface area contributed by atoms with Crippen molar-refractivity contribution in [2.45, 2.75) is 12.8 Å². The summed E-state index contributed by atoms with van der Waals surface area (Å²) in [6.07, 6.45) is 0. The van der Waals surface area contributed by atoms with Gasteiger partial charge >= 0.3 is 0 Å². The zero-order valence-corrected chi connectivity index (χ0v) is 6.79. The van der Waals surface area contributed by atoms with E-state index < -0.39 is 0 Å². The van der Waals surface area contributed by atoms with Gasteiger partial charge in [0.15, 0.2) is 0 Å². The molecule has 0 bridgehead atoms. The molecule has 0 saturated heterocycles. The maximum absolute atomic E-state index is 11.2. The molecular weight excluding hydrogens is 152 g/mol. The first kappa shape index (κ1) is 7.16. The van der Waals surface area contributed by atoms with Crippen molar-refractivity contribution < 1.29 is 4.79 Å². The van der Waals surface area contributed by atoms with Crippen LogP contribution in [0.3, 0.4) is 0 Å². The van der Waals surface area contributed by atoms with Gasteiger partial charge in [0.2, 0.25) is 5.91 Å². The van der Waals surface area contributed by atoms with Gasteiger partial charge in [0.25, 0.3) is 0 Å². The summed E-state index contributed by atoms with van der Waals surface area (Å²) in [6, 6.07) is 5.47. The number of nitrogens with two attached hydrogens (primary N) is 1. The highest BCUT2D eigenvalue weighted by atomic mass is 16.2. The second-order valence-corrected chi connectivity index (χ2v) is 3.06. The highest BCUT2D eigenvalue weighted by Gasteiger charge is 2.25. The smallest absolute Gasteiger partial charge is 0.231 e. The van der Waals surface area contributed by atoms with E-state index in [9.17, 15) is 4.79 Å². The van der Waals surface area contributed by atoms with E-state index in [0.717, 1.165) is 11.3 Å². The first-order valence-electron chi connectivity index (χ1n) is 3.89. The lowest BCUT2D eigenvalue weighted by Gasteiger charge is -2.00. The molecule has 12 heavy (non-hydrogen) atoms. The summed E-state index contributed by atoms with van der Waals surface area (Å²) in [5.74, 6) is -0.0147. The van der Waals surface area contributed by atoms with E-state index in [1.807, 2.05) is 19.1 Å². The molecule has 0 unspecified atom stereocenters. The third kappa shape index (κ3) is 0.863. The minimum atomic E-state index is -0.0662. The van der Waals surface area contributed by atoms with Crippen molar-refractivity contribution in [2.75, 3.05) is 11.1 Å². The molecule has 0 fully saturated rings. The van der Waals surface area contributed by atoms with Crippen LogP contribution in [0, 0.1) is 0 Å². The number of rotatable bonds is 0. The summed E-state index contributed by atoms with van der Waals surface area (Å²) in [6.45, 7) is 1.88. The van der Waals surface area contributed by atoms with E-state index in [2.05, 4.69) is 5.32 Å². The van der Waals surface area contributed by atoms with Gasteiger partial charge in [-0.25, -0.2) is 0 Å². The SMILES string of the molecule is C[C@@H]1C(=O)Nc2ccc(N)cc21. The summed E-state index contributed by atoms with van der Waals surface area (Å²) in [4.78, 5) is 11.2. The van der Waals surface area contributed by atoms with Crippen LogP contribution in [0.2, 0.25) is 0 Å². The van der Waals surface area contributed by atoms with Crippen molar-refractivity contribution in [2.24, 2.45) is 0 Å². The highest BCUT2D eigenvalue weighted by Crippen LogP contribution is 2.32. The second-order valence-electron chi connectivity index (χ2n) is 3.06. The van der Waals surface area contributed by atoms with Crippen LogP contribution in [-0.2, 0) is 4.79 Å². The van der Waals surface area contributed by atoms with Gasteiger partial charge in [-0.05, 0) is 30.7 Å². The number of anilines is 2. The van der Waals surface area contributed by atoms with Crippen molar-refractivity contribution in [3.63, 3.8) is 0 Å². The first-order valence-corrected chi connectivity index (χ1v) is 3.89. The Balaban J connectivity index is 2.55. The predicted molar refractivity (Wildman–Crippen MR) is 47.9 cm³/mol. The lowest BCUT2D eigenvalue weighted by Crippen LogP contribution is -2.08. The van der Waals surface area contributed by atoms with E-state index in [4.69, 9.17) is 5.73 Å². The summed E-state index contributed by atoms with van der Waals surface area (Å²) >= 11 is 0. The molecular formula is C9H10N2O. The standard InChI is InChI=1S/C9H10N2O/c1-5-7-4-6(10)2-3-8(7)11-9(5)12/h2-5H,10H2,1H3,(H,11,12)/t5-/m0/s1. The monoisotopic (exact) mass is 162 g/mol. The van der Waals surface area contributed by atoms with Crippen LogP contribution >= 0.6 is 0 Å². The van der Waals surface area contributed by atoms with Gasteiger partial charge < -0.3 is 11.1 Å². The van der Waals surface area contributed by atoms with Gasteiger partial charge in [0, 0.05) is 11.4 Å². The van der Waals surface area contributed by atoms with E-state index in [1.54, 1.807) is 6.07 Å². The highest BCUT2D eigenvalue weighted by molar-refractivity contribution is 6.02. The summed E-state index contributed by atoms with van der Waals surface area (Å²) in [5.41, 5.74) is 8.20. The van der Waals surface area contributed by atoms with Gasteiger partial charge in [0.05, 0.1) is 5.92 Å². The van der Waals surface area contributed by atoms with Crippen molar-refractivity contribution in [3.05, 3.63) is 23.8 Å². The number of nitrogen functional groups attached to an aromatic ring is 1. The van der Waals surface area contributed by atoms with Crippen LogP contribution in [0.25, 0.3) is 0 Å². The first-order chi connectivity index (χ1) is 5.68. The summed E-state index contributed by atoms with van der Waals surface area (Å²) in [7, 11) is 0. The Morgan fingerprint density at radius 3 is 3.00 bits per heavy atom. The van der Waals surface area contributed by atoms with Gasteiger partial charge in [-0.15, -0.1) is 0 Å². The fourth-order valence-electron chi connectivity index (χ4n) is 1.44. The third-order valence-corrected chi connectivity index (χ3v) is 2.19. The maximum atomic E-state index is 11.2. The predicted octanol–water partition coefficient (Wildman–Crippen LogP) is 1.32. The number of carbonyl (C=O) groups is 1. The number of benzene rings is 1. The molecule has 1 aromatic rings. The largest absolute Gasteiger partial charge is 0.399 e. The zero-order chi connectivity index (χ0) is 8.72. The Morgan fingerprint density at radius 1 is 1.50 bits per heavy atom. The fourth-order valence-corrected chi connectivity index (χ4v) is 1.44. The quantitative estimate of drug-likeness (QED) is 0.565. The number of amides is 1. The molecule has 0 spiro atoms. The Kier molecular flexibility index (Phi) is 1.33. The van der Waals surface area contributed by atoms with Crippen molar-refractivity contribution in [1.82, 2.24) is 0 Å². The van der Waals surface area contributed by atoms with Crippen LogP contribution < -0.4 is 11.1 Å². The lowest BCUT2D eigenvalue weighted by atomic mass is 10.0. The van der Waals surface area contributed by atoms with Crippen molar-refractivity contribution in [3.8, 4) is 0 Å². The lowest BCUT2D eigenvalue weighted by molar-refractivity contribution is -0.116. The summed E-state index contributed by atoms with van der Waals surface area (Å²) < 4.78 is 0. The Morgan fingerprint density at radius 2 is 2.25 bits per heavy atom. The van der Waals surface area contributed by atoms with E-state index in [0.29, 0.717) is 5.69 Å². The Bertz CT molecular complexity index is 346. The Hall–Kier alpha value is -1.51. The van der Waals surface area contributed by atoms with Gasteiger partial charge in [-0.1, -0.05) is 0 Å². The van der Waals surface area contributed by atoms with Gasteiger partial charge in [-0.2, -0.15) is 0 Å². The molecule has 1 aliphatic heterocycles. The number of carbonyl (C=O) groups excluding carboxylic acids is 1. The number of hydrogen-bond donors (Lipinski definition) is 2. The number of hydrogen-bond acceptors (Lipinski definition) is 2. The number of fused-ring (bicyclic) bond motifs is 1. The maximum Gasteiger partial charge on any atom is 0.231 e. The van der Waals surface area contributed by atoms with Gasteiger partial charge in [-0.3, -0.25) is 4.79 Å². The molecule has 1 aromatic carbocycles. The average Bonchev–Trinajstić information content (AvgIpc) is 2.31. The molecule has 1 heterocycles. The van der Waals surface area contributed by atoms with E-state index >= 15 is 0 Å². The molecule has 0 saturated carbocycles. The average molecular weight is 162 g/mol. The Labute approximate surface area is 70.6 Å². The van der Waals surface area contributed by atoms with Gasteiger partial charge in [0.1, 0.15) is 0 Å².